The maximum absolute atomic E-state index is 13.3. The van der Waals surface area contributed by atoms with Crippen LogP contribution in [0.2, 0.25) is 0 Å². The SMILES string of the molecule is COc1ccc(C2OC=NC2S(=O)(=O)c2ccc(C)cc2)c(OCc2ccccc2)c1. The first kappa shape index (κ1) is 20.9. The molecule has 0 bridgehead atoms. The molecule has 0 spiro atoms. The quantitative estimate of drug-likeness (QED) is 0.545. The Morgan fingerprint density at radius 1 is 1.00 bits per heavy atom. The van der Waals surface area contributed by atoms with Crippen LogP contribution in [0.5, 0.6) is 11.5 Å². The highest BCUT2D eigenvalue weighted by Gasteiger charge is 2.41. The van der Waals surface area contributed by atoms with E-state index < -0.39 is 21.3 Å². The Bertz CT molecular complexity index is 1170. The zero-order chi connectivity index (χ0) is 21.8. The molecule has 1 heterocycles. The van der Waals surface area contributed by atoms with E-state index in [9.17, 15) is 8.42 Å². The van der Waals surface area contributed by atoms with Crippen molar-refractivity contribution in [2.75, 3.05) is 7.11 Å². The summed E-state index contributed by atoms with van der Waals surface area (Å²) >= 11 is 0. The van der Waals surface area contributed by atoms with Crippen LogP contribution >= 0.6 is 0 Å². The first-order valence-electron chi connectivity index (χ1n) is 9.81. The first-order chi connectivity index (χ1) is 15.0. The second-order valence-corrected chi connectivity index (χ2v) is 9.28. The van der Waals surface area contributed by atoms with E-state index in [1.807, 2.05) is 37.3 Å². The summed E-state index contributed by atoms with van der Waals surface area (Å²) in [7, 11) is -2.20. The number of nitrogens with zero attached hydrogens (tertiary/aromatic N) is 1. The van der Waals surface area contributed by atoms with Gasteiger partial charge in [-0.15, -0.1) is 0 Å². The molecule has 1 aliphatic rings. The number of rotatable bonds is 7. The minimum atomic E-state index is -3.76. The lowest BCUT2D eigenvalue weighted by molar-refractivity contribution is 0.214. The molecule has 0 N–H and O–H groups in total. The highest BCUT2D eigenvalue weighted by molar-refractivity contribution is 7.92. The van der Waals surface area contributed by atoms with Crippen LogP contribution in [0.25, 0.3) is 0 Å². The molecular formula is C24H23NO5S. The Balaban J connectivity index is 1.66. The molecule has 0 saturated heterocycles. The highest BCUT2D eigenvalue weighted by Crippen LogP contribution is 2.39. The van der Waals surface area contributed by atoms with Crippen LogP contribution in [0.15, 0.2) is 82.7 Å². The molecule has 2 unspecified atom stereocenters. The van der Waals surface area contributed by atoms with Crippen molar-refractivity contribution in [2.45, 2.75) is 29.9 Å². The molecular weight excluding hydrogens is 414 g/mol. The third-order valence-corrected chi connectivity index (χ3v) is 7.04. The van der Waals surface area contributed by atoms with Gasteiger partial charge in [-0.2, -0.15) is 0 Å². The lowest BCUT2D eigenvalue weighted by Gasteiger charge is -2.21. The Labute approximate surface area is 182 Å². The van der Waals surface area contributed by atoms with E-state index in [4.69, 9.17) is 14.2 Å². The molecule has 0 aromatic heterocycles. The Morgan fingerprint density at radius 3 is 2.45 bits per heavy atom. The molecule has 0 amide bonds. The number of aliphatic imine (C=N–C) groups is 1. The molecule has 3 aromatic rings. The summed E-state index contributed by atoms with van der Waals surface area (Å²) in [6.07, 6.45) is 0.370. The van der Waals surface area contributed by atoms with Gasteiger partial charge in [0.15, 0.2) is 17.9 Å². The summed E-state index contributed by atoms with van der Waals surface area (Å²) in [6, 6.07) is 21.7. The molecule has 3 aromatic carbocycles. The van der Waals surface area contributed by atoms with Gasteiger partial charge in [0.05, 0.1) is 12.0 Å². The number of aryl methyl sites for hydroxylation is 1. The third kappa shape index (κ3) is 4.41. The van der Waals surface area contributed by atoms with Crippen LogP contribution in [0.1, 0.15) is 22.8 Å². The average molecular weight is 438 g/mol. The fourth-order valence-corrected chi connectivity index (χ4v) is 4.92. The number of hydrogen-bond donors (Lipinski definition) is 0. The molecule has 7 heteroatoms. The fraction of sp³-hybridized carbons (Fsp3) is 0.208. The average Bonchev–Trinajstić information content (AvgIpc) is 3.29. The standard InChI is InChI=1S/C24H23NO5S/c1-17-8-11-20(12-9-17)31(26,27)24-23(30-16-25-24)21-13-10-19(28-2)14-22(21)29-15-18-6-4-3-5-7-18/h3-14,16,23-24H,15H2,1-2H3. The lowest BCUT2D eigenvalue weighted by Crippen LogP contribution is -2.25. The maximum atomic E-state index is 13.3. The largest absolute Gasteiger partial charge is 0.497 e. The molecule has 0 saturated carbocycles. The summed E-state index contributed by atoms with van der Waals surface area (Å²) < 4.78 is 43.6. The normalized spacial score (nSPS) is 17.9. The lowest BCUT2D eigenvalue weighted by atomic mass is 10.1. The van der Waals surface area contributed by atoms with E-state index in [0.717, 1.165) is 11.1 Å². The van der Waals surface area contributed by atoms with Crippen molar-refractivity contribution in [2.24, 2.45) is 4.99 Å². The fourth-order valence-electron chi connectivity index (χ4n) is 3.38. The highest BCUT2D eigenvalue weighted by atomic mass is 32.2. The van der Waals surface area contributed by atoms with Gasteiger partial charge >= 0.3 is 0 Å². The summed E-state index contributed by atoms with van der Waals surface area (Å²) in [4.78, 5) is 4.35. The number of ether oxygens (including phenoxy) is 3. The maximum Gasteiger partial charge on any atom is 0.205 e. The summed E-state index contributed by atoms with van der Waals surface area (Å²) in [5.41, 5.74) is 2.56. The van der Waals surface area contributed by atoms with Crippen molar-refractivity contribution in [1.82, 2.24) is 0 Å². The van der Waals surface area contributed by atoms with Crippen molar-refractivity contribution in [1.29, 1.82) is 0 Å². The first-order valence-corrected chi connectivity index (χ1v) is 11.4. The van der Waals surface area contributed by atoms with Gasteiger partial charge in [-0.3, -0.25) is 0 Å². The second-order valence-electron chi connectivity index (χ2n) is 7.24. The van der Waals surface area contributed by atoms with Gasteiger partial charge in [0.25, 0.3) is 0 Å². The van der Waals surface area contributed by atoms with Gasteiger partial charge in [0.1, 0.15) is 18.1 Å². The summed E-state index contributed by atoms with van der Waals surface area (Å²) in [6.45, 7) is 2.23. The van der Waals surface area contributed by atoms with Gasteiger partial charge in [-0.1, -0.05) is 48.0 Å². The van der Waals surface area contributed by atoms with Crippen LogP contribution in [-0.4, -0.2) is 27.3 Å². The summed E-state index contributed by atoms with van der Waals surface area (Å²) in [5, 5.41) is -1.11. The smallest absolute Gasteiger partial charge is 0.205 e. The van der Waals surface area contributed by atoms with E-state index >= 15 is 0 Å². The zero-order valence-electron chi connectivity index (χ0n) is 17.3. The summed E-state index contributed by atoms with van der Waals surface area (Å²) in [5.74, 6) is 1.09. The molecule has 2 atom stereocenters. The third-order valence-electron chi connectivity index (χ3n) is 5.11. The monoisotopic (exact) mass is 437 g/mol. The van der Waals surface area contributed by atoms with Crippen molar-refractivity contribution in [3.05, 3.63) is 89.5 Å². The van der Waals surface area contributed by atoms with Crippen LogP contribution in [0.4, 0.5) is 0 Å². The van der Waals surface area contributed by atoms with Gasteiger partial charge in [-0.05, 0) is 36.8 Å². The minimum Gasteiger partial charge on any atom is -0.497 e. The zero-order valence-corrected chi connectivity index (χ0v) is 18.1. The number of methoxy groups -OCH3 is 1. The molecule has 1 aliphatic heterocycles. The molecule has 0 aliphatic carbocycles. The van der Waals surface area contributed by atoms with E-state index in [0.29, 0.717) is 23.7 Å². The predicted molar refractivity (Wildman–Crippen MR) is 118 cm³/mol. The Hall–Kier alpha value is -3.32. The van der Waals surface area contributed by atoms with Crippen LogP contribution in [0, 0.1) is 6.92 Å². The Kier molecular flexibility index (Phi) is 5.95. The number of sulfone groups is 1. The molecule has 31 heavy (non-hydrogen) atoms. The molecule has 0 fully saturated rings. The van der Waals surface area contributed by atoms with Crippen LogP contribution in [0.3, 0.4) is 0 Å². The topological polar surface area (TPSA) is 74.2 Å². The van der Waals surface area contributed by atoms with Crippen molar-refractivity contribution in [3.63, 3.8) is 0 Å². The van der Waals surface area contributed by atoms with E-state index in [1.165, 1.54) is 6.40 Å². The van der Waals surface area contributed by atoms with Crippen molar-refractivity contribution in [3.8, 4) is 11.5 Å². The minimum absolute atomic E-state index is 0.205. The van der Waals surface area contributed by atoms with Crippen molar-refractivity contribution < 1.29 is 22.6 Å². The second kappa shape index (κ2) is 8.81. The van der Waals surface area contributed by atoms with Crippen LogP contribution in [-0.2, 0) is 21.2 Å². The van der Waals surface area contributed by atoms with Crippen molar-refractivity contribution >= 4 is 16.2 Å². The molecule has 0 radical (unpaired) electrons. The van der Waals surface area contributed by atoms with Gasteiger partial charge in [-0.25, -0.2) is 13.4 Å². The van der Waals surface area contributed by atoms with Gasteiger partial charge in [0, 0.05) is 11.6 Å². The van der Waals surface area contributed by atoms with E-state index in [2.05, 4.69) is 4.99 Å². The van der Waals surface area contributed by atoms with Gasteiger partial charge < -0.3 is 14.2 Å². The van der Waals surface area contributed by atoms with Gasteiger partial charge in [0.2, 0.25) is 9.84 Å². The van der Waals surface area contributed by atoms with E-state index in [1.54, 1.807) is 49.6 Å². The number of benzene rings is 3. The Morgan fingerprint density at radius 2 is 1.74 bits per heavy atom. The van der Waals surface area contributed by atoms with E-state index in [-0.39, 0.29) is 4.90 Å². The number of hydrogen-bond acceptors (Lipinski definition) is 6. The molecule has 160 valence electrons. The molecule has 6 nitrogen and oxygen atoms in total. The predicted octanol–water partition coefficient (Wildman–Crippen LogP) is 4.48. The van der Waals surface area contributed by atoms with Crippen LogP contribution < -0.4 is 9.47 Å². The molecule has 4 rings (SSSR count).